The summed E-state index contributed by atoms with van der Waals surface area (Å²) in [6.45, 7) is 1.38. The van der Waals surface area contributed by atoms with Crippen molar-refractivity contribution in [3.63, 3.8) is 0 Å². The highest BCUT2D eigenvalue weighted by atomic mass is 127. The summed E-state index contributed by atoms with van der Waals surface area (Å²) in [5.41, 5.74) is 1.11. The summed E-state index contributed by atoms with van der Waals surface area (Å²) in [5, 5.41) is 2.74. The fraction of sp³-hybridized carbons (Fsp3) is 0.278. The minimum Gasteiger partial charge on any atom is -0.348 e. The minimum atomic E-state index is -3.64. The quantitative estimate of drug-likeness (QED) is 0.548. The van der Waals surface area contributed by atoms with Crippen molar-refractivity contribution in [2.24, 2.45) is 0 Å². The number of sulfonamides is 1. The van der Waals surface area contributed by atoms with Gasteiger partial charge in [-0.1, -0.05) is 12.1 Å². The van der Waals surface area contributed by atoms with Crippen LogP contribution in [-0.2, 0) is 24.7 Å². The average Bonchev–Trinajstić information content (AvgIpc) is 2.59. The van der Waals surface area contributed by atoms with Crippen LogP contribution in [0.2, 0.25) is 0 Å². The number of nitrogens with zero attached hydrogens (tertiary/aromatic N) is 1. The molecule has 2 aromatic carbocycles. The van der Waals surface area contributed by atoms with Gasteiger partial charge in [-0.15, -0.1) is 0 Å². The predicted molar refractivity (Wildman–Crippen MR) is 117 cm³/mol. The van der Waals surface area contributed by atoms with E-state index in [2.05, 4.69) is 27.9 Å². The zero-order valence-electron chi connectivity index (χ0n) is 15.6. The van der Waals surface area contributed by atoms with Gasteiger partial charge in [0.05, 0.1) is 22.9 Å². The molecule has 0 fully saturated rings. The second-order valence-electron chi connectivity index (χ2n) is 6.38. The number of carbonyl (C=O) groups excluding carboxylic acids is 1. The molecule has 0 spiro atoms. The lowest BCUT2D eigenvalue weighted by Crippen LogP contribution is -2.41. The normalized spacial score (nSPS) is 13.0. The van der Waals surface area contributed by atoms with Gasteiger partial charge in [-0.05, 0) is 71.5 Å². The molecule has 0 heterocycles. The molecule has 28 heavy (non-hydrogen) atoms. The van der Waals surface area contributed by atoms with Gasteiger partial charge in [0.2, 0.25) is 15.9 Å². The molecular formula is C18H21IN2O5S2. The van der Waals surface area contributed by atoms with Crippen LogP contribution < -0.4 is 9.62 Å². The lowest BCUT2D eigenvalue weighted by molar-refractivity contribution is -0.120. The summed E-state index contributed by atoms with van der Waals surface area (Å²) in [4.78, 5) is 12.6. The maximum absolute atomic E-state index is 12.4. The Morgan fingerprint density at radius 2 is 1.54 bits per heavy atom. The summed E-state index contributed by atoms with van der Waals surface area (Å²) >= 11 is 2.11. The van der Waals surface area contributed by atoms with Crippen LogP contribution in [0, 0.1) is 3.57 Å². The molecule has 0 aliphatic carbocycles. The monoisotopic (exact) mass is 536 g/mol. The fourth-order valence-corrected chi connectivity index (χ4v) is 4.36. The second kappa shape index (κ2) is 8.78. The average molecular weight is 536 g/mol. The molecule has 7 nitrogen and oxygen atoms in total. The molecule has 0 aromatic heterocycles. The van der Waals surface area contributed by atoms with E-state index in [9.17, 15) is 21.6 Å². The molecule has 0 saturated carbocycles. The van der Waals surface area contributed by atoms with Crippen LogP contribution in [0.4, 0.5) is 5.69 Å². The molecule has 0 saturated heterocycles. The number of hydrogen-bond donors (Lipinski definition) is 1. The zero-order valence-corrected chi connectivity index (χ0v) is 19.4. The lowest BCUT2D eigenvalue weighted by atomic mass is 10.1. The predicted octanol–water partition coefficient (Wildman–Crippen LogP) is 2.34. The Balaban J connectivity index is 2.13. The number of anilines is 1. The number of rotatable bonds is 7. The van der Waals surface area contributed by atoms with Crippen molar-refractivity contribution in [2.75, 3.05) is 23.4 Å². The molecule has 1 amide bonds. The second-order valence-corrected chi connectivity index (χ2v) is 11.5. The van der Waals surface area contributed by atoms with Gasteiger partial charge in [-0.2, -0.15) is 0 Å². The Hall–Kier alpha value is -1.66. The van der Waals surface area contributed by atoms with Crippen molar-refractivity contribution < 1.29 is 21.6 Å². The Kier molecular flexibility index (Phi) is 7.10. The molecule has 1 atom stereocenters. The van der Waals surface area contributed by atoms with Crippen molar-refractivity contribution in [3.05, 3.63) is 57.7 Å². The van der Waals surface area contributed by atoms with E-state index in [-0.39, 0.29) is 11.4 Å². The van der Waals surface area contributed by atoms with Gasteiger partial charge in [0.1, 0.15) is 6.54 Å². The third-order valence-electron chi connectivity index (χ3n) is 3.99. The largest absolute Gasteiger partial charge is 0.348 e. The van der Waals surface area contributed by atoms with E-state index in [4.69, 9.17) is 0 Å². The molecule has 10 heteroatoms. The number of hydrogen-bond acceptors (Lipinski definition) is 5. The van der Waals surface area contributed by atoms with Crippen LogP contribution in [0.1, 0.15) is 18.5 Å². The fourth-order valence-electron chi connectivity index (χ4n) is 2.51. The van der Waals surface area contributed by atoms with Gasteiger partial charge < -0.3 is 5.32 Å². The summed E-state index contributed by atoms with van der Waals surface area (Å²) in [6, 6.07) is 12.6. The highest BCUT2D eigenvalue weighted by Gasteiger charge is 2.22. The van der Waals surface area contributed by atoms with Crippen molar-refractivity contribution in [1.82, 2.24) is 5.32 Å². The highest BCUT2D eigenvalue weighted by molar-refractivity contribution is 14.1. The topological polar surface area (TPSA) is 101 Å². The number of carbonyl (C=O) groups is 1. The molecule has 152 valence electrons. The molecule has 2 aromatic rings. The molecule has 1 unspecified atom stereocenters. The number of amides is 1. The van der Waals surface area contributed by atoms with Crippen LogP contribution in [0.15, 0.2) is 53.4 Å². The third kappa shape index (κ3) is 6.17. The van der Waals surface area contributed by atoms with Gasteiger partial charge in [-0.3, -0.25) is 9.10 Å². The lowest BCUT2D eigenvalue weighted by Gasteiger charge is -2.23. The van der Waals surface area contributed by atoms with Gasteiger partial charge in [0, 0.05) is 9.83 Å². The molecule has 0 radical (unpaired) electrons. The number of halogens is 1. The molecule has 0 aliphatic heterocycles. The first-order valence-corrected chi connectivity index (χ1v) is 13.0. The minimum absolute atomic E-state index is 0.191. The smallest absolute Gasteiger partial charge is 0.241 e. The van der Waals surface area contributed by atoms with Crippen LogP contribution in [0.3, 0.4) is 0 Å². The maximum Gasteiger partial charge on any atom is 0.241 e. The van der Waals surface area contributed by atoms with Crippen molar-refractivity contribution in [1.29, 1.82) is 0 Å². The summed E-state index contributed by atoms with van der Waals surface area (Å²) in [7, 11) is -6.94. The Bertz CT molecular complexity index is 1050. The third-order valence-corrected chi connectivity index (χ3v) is 6.98. The van der Waals surface area contributed by atoms with Crippen LogP contribution >= 0.6 is 22.6 Å². The van der Waals surface area contributed by atoms with Crippen LogP contribution in [-0.4, -0.2) is 41.8 Å². The molecule has 0 bridgehead atoms. The number of nitrogens with one attached hydrogen (secondary N) is 1. The SMILES string of the molecule is CC(NC(=O)CN(c1ccc(I)cc1)S(C)(=O)=O)c1ccc(S(C)(=O)=O)cc1. The van der Waals surface area contributed by atoms with E-state index in [1.54, 1.807) is 43.3 Å². The van der Waals surface area contributed by atoms with Crippen LogP contribution in [0.25, 0.3) is 0 Å². The number of benzene rings is 2. The van der Waals surface area contributed by atoms with Gasteiger partial charge in [0.25, 0.3) is 0 Å². The maximum atomic E-state index is 12.4. The van der Waals surface area contributed by atoms with Gasteiger partial charge >= 0.3 is 0 Å². The van der Waals surface area contributed by atoms with E-state index in [1.807, 2.05) is 0 Å². The van der Waals surface area contributed by atoms with E-state index in [0.717, 1.165) is 20.4 Å². The molecule has 2 rings (SSSR count). The van der Waals surface area contributed by atoms with Crippen LogP contribution in [0.5, 0.6) is 0 Å². The Labute approximate surface area is 179 Å². The van der Waals surface area contributed by atoms with E-state index in [0.29, 0.717) is 11.3 Å². The highest BCUT2D eigenvalue weighted by Crippen LogP contribution is 2.20. The van der Waals surface area contributed by atoms with Crippen molar-refractivity contribution in [2.45, 2.75) is 17.9 Å². The van der Waals surface area contributed by atoms with Gasteiger partial charge in [-0.25, -0.2) is 16.8 Å². The van der Waals surface area contributed by atoms with E-state index in [1.165, 1.54) is 12.1 Å². The standard InChI is InChI=1S/C18H21IN2O5S2/c1-13(14-4-10-17(11-5-14)27(2,23)24)20-18(22)12-21(28(3,25)26)16-8-6-15(19)7-9-16/h4-11,13H,12H2,1-3H3,(H,20,22). The first-order chi connectivity index (χ1) is 12.9. The van der Waals surface area contributed by atoms with Crippen molar-refractivity contribution in [3.8, 4) is 0 Å². The van der Waals surface area contributed by atoms with E-state index < -0.39 is 31.8 Å². The Morgan fingerprint density at radius 3 is 2.00 bits per heavy atom. The van der Waals surface area contributed by atoms with Gasteiger partial charge in [0.15, 0.2) is 9.84 Å². The van der Waals surface area contributed by atoms with Crippen molar-refractivity contribution >= 4 is 54.0 Å². The molecule has 0 aliphatic rings. The number of sulfone groups is 1. The first kappa shape index (κ1) is 22.6. The van der Waals surface area contributed by atoms with E-state index >= 15 is 0 Å². The first-order valence-electron chi connectivity index (χ1n) is 8.20. The molecular weight excluding hydrogens is 515 g/mol. The molecule has 1 N–H and O–H groups in total. The zero-order chi connectivity index (χ0) is 21.1. The summed E-state index contributed by atoms with van der Waals surface area (Å²) < 4.78 is 49.3. The summed E-state index contributed by atoms with van der Waals surface area (Å²) in [5.74, 6) is -0.469. The Morgan fingerprint density at radius 1 is 1.00 bits per heavy atom. The summed E-state index contributed by atoms with van der Waals surface area (Å²) in [6.07, 6.45) is 2.17.